The third kappa shape index (κ3) is 5.61. The summed E-state index contributed by atoms with van der Waals surface area (Å²) in [6, 6.07) is 8.82. The third-order valence-corrected chi connectivity index (χ3v) is 3.15. The lowest BCUT2D eigenvalue weighted by molar-refractivity contribution is -0.274. The van der Waals surface area contributed by atoms with Crippen LogP contribution in [0.5, 0.6) is 11.5 Å². The van der Waals surface area contributed by atoms with Gasteiger partial charge in [0.1, 0.15) is 11.5 Å². The van der Waals surface area contributed by atoms with Gasteiger partial charge in [0.2, 0.25) is 0 Å². The van der Waals surface area contributed by atoms with Gasteiger partial charge in [-0.2, -0.15) is 0 Å². The molecule has 2 aromatic rings. The third-order valence-electron chi connectivity index (χ3n) is 2.93. The van der Waals surface area contributed by atoms with Crippen molar-refractivity contribution in [3.8, 4) is 11.5 Å². The molecule has 0 aliphatic carbocycles. The van der Waals surface area contributed by atoms with E-state index in [1.54, 1.807) is 0 Å². The molecule has 2 rings (SSSR count). The lowest BCUT2D eigenvalue weighted by Crippen LogP contribution is -2.17. The second kappa shape index (κ2) is 7.35. The van der Waals surface area contributed by atoms with Crippen LogP contribution in [-0.4, -0.2) is 17.4 Å². The van der Waals surface area contributed by atoms with Gasteiger partial charge in [0.25, 0.3) is 5.91 Å². The van der Waals surface area contributed by atoms with E-state index >= 15 is 0 Å². The van der Waals surface area contributed by atoms with Gasteiger partial charge in [-0.15, -0.1) is 13.2 Å². The molecule has 0 saturated heterocycles. The van der Waals surface area contributed by atoms with E-state index in [1.807, 2.05) is 0 Å². The molecule has 0 unspecified atom stereocenters. The molecule has 132 valence electrons. The molecule has 2 aromatic carbocycles. The molecule has 9 heteroatoms. The zero-order chi connectivity index (χ0) is 18.6. The second-order valence-corrected chi connectivity index (χ2v) is 5.27. The van der Waals surface area contributed by atoms with Gasteiger partial charge >= 0.3 is 6.36 Å². The molecule has 0 saturated carbocycles. The number of anilines is 1. The predicted molar refractivity (Wildman–Crippen MR) is 87.0 cm³/mol. The highest BCUT2D eigenvalue weighted by molar-refractivity contribution is 6.31. The molecular formula is C16H12ClF3N2O3. The lowest BCUT2D eigenvalue weighted by Gasteiger charge is -2.10. The second-order valence-electron chi connectivity index (χ2n) is 4.84. The van der Waals surface area contributed by atoms with Gasteiger partial charge in [-0.3, -0.25) is 4.79 Å². The number of amides is 1. The average Bonchev–Trinajstić information content (AvgIpc) is 2.46. The first-order chi connectivity index (χ1) is 11.6. The van der Waals surface area contributed by atoms with Crippen molar-refractivity contribution in [2.45, 2.75) is 6.36 Å². The van der Waals surface area contributed by atoms with Crippen molar-refractivity contribution in [3.05, 3.63) is 59.3 Å². The fraction of sp³-hybridized carbons (Fsp3) is 0.0625. The summed E-state index contributed by atoms with van der Waals surface area (Å²) < 4.78 is 40.2. The van der Waals surface area contributed by atoms with Crippen molar-refractivity contribution in [2.24, 2.45) is 5.73 Å². The number of phenolic OH excluding ortho intramolecular Hbond substituents is 1. The molecule has 0 atom stereocenters. The Balaban J connectivity index is 2.24. The average molecular weight is 373 g/mol. The zero-order valence-corrected chi connectivity index (χ0v) is 13.2. The Labute approximate surface area is 145 Å². The van der Waals surface area contributed by atoms with Crippen LogP contribution in [0.2, 0.25) is 5.02 Å². The molecule has 0 spiro atoms. The highest BCUT2D eigenvalue weighted by Gasteiger charge is 2.31. The van der Waals surface area contributed by atoms with Crippen LogP contribution in [0.1, 0.15) is 5.56 Å². The number of carbonyl (C=O) groups excluding carboxylic acids is 1. The fourth-order valence-corrected chi connectivity index (χ4v) is 2.18. The van der Waals surface area contributed by atoms with Gasteiger partial charge in [0.05, 0.1) is 5.57 Å². The summed E-state index contributed by atoms with van der Waals surface area (Å²) >= 11 is 5.80. The Kier molecular flexibility index (Phi) is 5.43. The van der Waals surface area contributed by atoms with Crippen LogP contribution in [0.25, 0.3) is 5.57 Å². The number of hydrogen-bond donors (Lipinski definition) is 3. The number of ether oxygens (including phenoxy) is 1. The minimum Gasteiger partial charge on any atom is -0.508 e. The maximum atomic E-state index is 12.2. The number of phenols is 1. The minimum absolute atomic E-state index is 0.0121. The Morgan fingerprint density at radius 3 is 2.36 bits per heavy atom. The molecule has 0 heterocycles. The maximum absolute atomic E-state index is 12.2. The number of carbonyl (C=O) groups is 1. The molecule has 0 bridgehead atoms. The molecule has 0 fully saturated rings. The van der Waals surface area contributed by atoms with Crippen LogP contribution in [0.3, 0.4) is 0 Å². The molecule has 5 nitrogen and oxygen atoms in total. The van der Waals surface area contributed by atoms with Gasteiger partial charge in [0.15, 0.2) is 0 Å². The molecular weight excluding hydrogens is 361 g/mol. The Morgan fingerprint density at radius 2 is 1.84 bits per heavy atom. The lowest BCUT2D eigenvalue weighted by atomic mass is 10.1. The molecule has 25 heavy (non-hydrogen) atoms. The molecule has 0 aromatic heterocycles. The summed E-state index contributed by atoms with van der Waals surface area (Å²) in [6.07, 6.45) is -3.55. The summed E-state index contributed by atoms with van der Waals surface area (Å²) in [5.74, 6) is -1.31. The summed E-state index contributed by atoms with van der Waals surface area (Å²) in [5, 5.41) is 12.5. The van der Waals surface area contributed by atoms with Crippen LogP contribution in [-0.2, 0) is 4.79 Å². The normalized spacial score (nSPS) is 11.9. The number of alkyl halides is 3. The number of benzene rings is 2. The fourth-order valence-electron chi connectivity index (χ4n) is 1.95. The van der Waals surface area contributed by atoms with Crippen molar-refractivity contribution in [3.63, 3.8) is 0 Å². The van der Waals surface area contributed by atoms with E-state index < -0.39 is 18.0 Å². The van der Waals surface area contributed by atoms with Crippen molar-refractivity contribution in [2.75, 3.05) is 5.32 Å². The molecule has 0 aliphatic heterocycles. The van der Waals surface area contributed by atoms with Crippen LogP contribution in [0.4, 0.5) is 18.9 Å². The van der Waals surface area contributed by atoms with E-state index in [0.29, 0.717) is 5.69 Å². The van der Waals surface area contributed by atoms with Gasteiger partial charge in [-0.1, -0.05) is 23.7 Å². The monoisotopic (exact) mass is 372 g/mol. The van der Waals surface area contributed by atoms with E-state index in [0.717, 1.165) is 12.1 Å². The van der Waals surface area contributed by atoms with Gasteiger partial charge in [0, 0.05) is 23.0 Å². The van der Waals surface area contributed by atoms with Gasteiger partial charge in [-0.05, 0) is 29.8 Å². The van der Waals surface area contributed by atoms with Crippen molar-refractivity contribution in [1.29, 1.82) is 0 Å². The largest absolute Gasteiger partial charge is 0.573 e. The molecule has 0 aliphatic rings. The highest BCUT2D eigenvalue weighted by atomic mass is 35.5. The number of halogens is 4. The van der Waals surface area contributed by atoms with Gasteiger partial charge < -0.3 is 20.9 Å². The molecule has 4 N–H and O–H groups in total. The first kappa shape index (κ1) is 18.5. The minimum atomic E-state index is -4.81. The highest BCUT2D eigenvalue weighted by Crippen LogP contribution is 2.26. The molecule has 0 radical (unpaired) electrons. The summed E-state index contributed by atoms with van der Waals surface area (Å²) in [6.45, 7) is 0. The van der Waals surface area contributed by atoms with Crippen molar-refractivity contribution < 1.29 is 27.8 Å². The van der Waals surface area contributed by atoms with Crippen LogP contribution in [0, 0.1) is 0 Å². The number of hydrogen-bond acceptors (Lipinski definition) is 4. The Morgan fingerprint density at radius 1 is 1.20 bits per heavy atom. The summed E-state index contributed by atoms with van der Waals surface area (Å²) in [7, 11) is 0. The van der Waals surface area contributed by atoms with Crippen LogP contribution < -0.4 is 15.8 Å². The predicted octanol–water partition coefficient (Wildman–Crippen LogP) is 3.88. The maximum Gasteiger partial charge on any atom is 0.573 e. The first-order valence-electron chi connectivity index (χ1n) is 6.76. The van der Waals surface area contributed by atoms with Crippen molar-refractivity contribution >= 4 is 28.8 Å². The van der Waals surface area contributed by atoms with E-state index in [9.17, 15) is 23.1 Å². The number of nitrogens with two attached hydrogens (primary N) is 1. The van der Waals surface area contributed by atoms with Gasteiger partial charge in [-0.25, -0.2) is 0 Å². The number of aromatic hydroxyl groups is 1. The topological polar surface area (TPSA) is 84.6 Å². The first-order valence-corrected chi connectivity index (χ1v) is 7.14. The number of rotatable bonds is 5. The Bertz CT molecular complexity index is 785. The quantitative estimate of drug-likeness (QED) is 0.695. The van der Waals surface area contributed by atoms with Crippen molar-refractivity contribution in [1.82, 2.24) is 0 Å². The van der Waals surface area contributed by atoms with Crippen LogP contribution in [0.15, 0.2) is 48.7 Å². The number of nitrogens with one attached hydrogen (secondary N) is 1. The SMILES string of the molecule is NC(=O)/C(=C\Nc1cc(O)cc(Cl)c1)c1ccc(OC(F)(F)F)cc1. The summed E-state index contributed by atoms with van der Waals surface area (Å²) in [4.78, 5) is 11.6. The summed E-state index contributed by atoms with van der Waals surface area (Å²) in [5.41, 5.74) is 5.98. The van der Waals surface area contributed by atoms with E-state index in [4.69, 9.17) is 17.3 Å². The zero-order valence-electron chi connectivity index (χ0n) is 12.5. The van der Waals surface area contributed by atoms with Crippen LogP contribution >= 0.6 is 11.6 Å². The van der Waals surface area contributed by atoms with E-state index in [-0.39, 0.29) is 21.9 Å². The number of primary amides is 1. The smallest absolute Gasteiger partial charge is 0.508 e. The van der Waals surface area contributed by atoms with E-state index in [1.165, 1.54) is 36.5 Å². The van der Waals surface area contributed by atoms with E-state index in [2.05, 4.69) is 10.1 Å². The standard InChI is InChI=1S/C16H12ClF3N2O3/c17-10-5-11(7-12(23)6-10)22-8-14(15(21)24)9-1-3-13(4-2-9)25-16(18,19)20/h1-8,22-23H,(H2,21,24)/b14-8-. The Hall–Kier alpha value is -2.87. The molecule has 1 amide bonds.